The zero-order valence-corrected chi connectivity index (χ0v) is 12.6. The molecule has 6 nitrogen and oxygen atoms in total. The first-order valence-corrected chi connectivity index (χ1v) is 7.50. The van der Waals surface area contributed by atoms with E-state index in [4.69, 9.17) is 5.11 Å². The quantitative estimate of drug-likeness (QED) is 0.267. The lowest BCUT2D eigenvalue weighted by Gasteiger charge is -2.26. The fourth-order valence-corrected chi connectivity index (χ4v) is 1.99. The average molecular weight is 293 g/mol. The number of aliphatic hydroxyl groups excluding tert-OH is 5. The number of rotatable bonds is 12. The molecule has 0 saturated heterocycles. The Kier molecular flexibility index (Phi) is 11.3. The second-order valence-corrected chi connectivity index (χ2v) is 5.46. The highest BCUT2D eigenvalue weighted by Crippen LogP contribution is 2.07. The van der Waals surface area contributed by atoms with Crippen molar-refractivity contribution in [3.8, 4) is 0 Å². The van der Waals surface area contributed by atoms with Crippen molar-refractivity contribution >= 4 is 0 Å². The molecule has 0 saturated carbocycles. The largest absolute Gasteiger partial charge is 0.394 e. The highest BCUT2D eigenvalue weighted by Gasteiger charge is 2.29. The zero-order chi connectivity index (χ0) is 15.5. The van der Waals surface area contributed by atoms with Crippen LogP contribution in [0, 0.1) is 0 Å². The van der Waals surface area contributed by atoms with Gasteiger partial charge in [-0.25, -0.2) is 0 Å². The molecule has 122 valence electrons. The maximum absolute atomic E-state index is 9.73. The minimum Gasteiger partial charge on any atom is -0.394 e. The molecule has 0 aliphatic rings. The molecule has 5 unspecified atom stereocenters. The van der Waals surface area contributed by atoms with Crippen molar-refractivity contribution in [2.45, 2.75) is 76.4 Å². The van der Waals surface area contributed by atoms with Crippen molar-refractivity contribution in [3.05, 3.63) is 0 Å². The van der Waals surface area contributed by atoms with Crippen LogP contribution in [-0.4, -0.2) is 69.1 Å². The number of hydrogen-bond acceptors (Lipinski definition) is 6. The van der Waals surface area contributed by atoms with Crippen molar-refractivity contribution < 1.29 is 25.5 Å². The molecule has 0 aliphatic carbocycles. The van der Waals surface area contributed by atoms with Crippen LogP contribution in [0.2, 0.25) is 0 Å². The van der Waals surface area contributed by atoms with Crippen LogP contribution in [0.25, 0.3) is 0 Å². The molecule has 5 atom stereocenters. The van der Waals surface area contributed by atoms with Crippen LogP contribution in [-0.2, 0) is 0 Å². The molecule has 0 fully saturated rings. The Bertz CT molecular complexity index is 230. The molecule has 6 N–H and O–H groups in total. The van der Waals surface area contributed by atoms with E-state index in [1.165, 1.54) is 19.3 Å². The van der Waals surface area contributed by atoms with Crippen LogP contribution in [0.4, 0.5) is 0 Å². The van der Waals surface area contributed by atoms with Crippen LogP contribution < -0.4 is 5.32 Å². The van der Waals surface area contributed by atoms with Gasteiger partial charge in [0.05, 0.1) is 12.7 Å². The van der Waals surface area contributed by atoms with Gasteiger partial charge >= 0.3 is 0 Å². The lowest BCUT2D eigenvalue weighted by Crippen LogP contribution is -2.49. The topological polar surface area (TPSA) is 113 Å². The summed E-state index contributed by atoms with van der Waals surface area (Å²) >= 11 is 0. The highest BCUT2D eigenvalue weighted by atomic mass is 16.4. The summed E-state index contributed by atoms with van der Waals surface area (Å²) in [6.45, 7) is 3.63. The Morgan fingerprint density at radius 2 is 1.50 bits per heavy atom. The molecular weight excluding hydrogens is 262 g/mol. The molecule has 0 spiro atoms. The summed E-state index contributed by atoms with van der Waals surface area (Å²) in [5.74, 6) is 0. The molecular formula is C14H31NO5. The van der Waals surface area contributed by atoms with Crippen molar-refractivity contribution in [3.63, 3.8) is 0 Å². The van der Waals surface area contributed by atoms with Crippen molar-refractivity contribution in [1.82, 2.24) is 5.32 Å². The van der Waals surface area contributed by atoms with Gasteiger partial charge in [-0.3, -0.25) is 0 Å². The first-order valence-electron chi connectivity index (χ1n) is 7.50. The molecule has 0 rings (SSSR count). The third-order valence-corrected chi connectivity index (χ3v) is 3.49. The second-order valence-electron chi connectivity index (χ2n) is 5.46. The highest BCUT2D eigenvalue weighted by molar-refractivity contribution is 4.82. The van der Waals surface area contributed by atoms with Crippen LogP contribution in [0.15, 0.2) is 0 Å². The van der Waals surface area contributed by atoms with Gasteiger partial charge in [0.1, 0.15) is 18.3 Å². The molecule has 0 aliphatic heterocycles. The van der Waals surface area contributed by atoms with E-state index in [1.807, 2.05) is 6.92 Å². The smallest absolute Gasteiger partial charge is 0.111 e. The summed E-state index contributed by atoms with van der Waals surface area (Å²) in [6.07, 6.45) is 0.0209. The molecule has 0 aromatic rings. The van der Waals surface area contributed by atoms with Gasteiger partial charge in [0, 0.05) is 12.6 Å². The van der Waals surface area contributed by atoms with Crippen molar-refractivity contribution in [2.24, 2.45) is 0 Å². The van der Waals surface area contributed by atoms with E-state index in [0.717, 1.165) is 12.8 Å². The number of unbranched alkanes of at least 4 members (excludes halogenated alkanes) is 3. The predicted molar refractivity (Wildman–Crippen MR) is 77.3 cm³/mol. The van der Waals surface area contributed by atoms with Gasteiger partial charge in [-0.15, -0.1) is 0 Å². The minimum absolute atomic E-state index is 0.130. The minimum atomic E-state index is -1.56. The van der Waals surface area contributed by atoms with Crippen LogP contribution in [0.5, 0.6) is 0 Å². The standard InChI is InChI=1S/C14H31NO5/c1-3-4-5-6-7-10(2)15-8-11(17)13(19)14(20)12(18)9-16/h10-20H,3-9H2,1-2H3. The summed E-state index contributed by atoms with van der Waals surface area (Å²) in [5, 5.41) is 49.8. The summed E-state index contributed by atoms with van der Waals surface area (Å²) in [6, 6.07) is 0.216. The van der Waals surface area contributed by atoms with E-state index in [9.17, 15) is 20.4 Å². The van der Waals surface area contributed by atoms with E-state index in [-0.39, 0.29) is 12.6 Å². The summed E-state index contributed by atoms with van der Waals surface area (Å²) in [5.41, 5.74) is 0. The fourth-order valence-electron chi connectivity index (χ4n) is 1.99. The van der Waals surface area contributed by atoms with Crippen LogP contribution >= 0.6 is 0 Å². The molecule has 0 aromatic heterocycles. The molecule has 0 amide bonds. The molecule has 0 bridgehead atoms. The second kappa shape index (κ2) is 11.4. The van der Waals surface area contributed by atoms with E-state index >= 15 is 0 Å². The Labute approximate surface area is 121 Å². The summed E-state index contributed by atoms with van der Waals surface area (Å²) in [7, 11) is 0. The molecule has 0 aromatic carbocycles. The molecule has 20 heavy (non-hydrogen) atoms. The van der Waals surface area contributed by atoms with Gasteiger partial charge in [-0.1, -0.05) is 32.6 Å². The van der Waals surface area contributed by atoms with Crippen molar-refractivity contribution in [1.29, 1.82) is 0 Å². The number of aliphatic hydroxyl groups is 5. The number of hydrogen-bond donors (Lipinski definition) is 6. The van der Waals surface area contributed by atoms with Gasteiger partial charge < -0.3 is 30.8 Å². The van der Waals surface area contributed by atoms with E-state index < -0.39 is 31.0 Å². The fraction of sp³-hybridized carbons (Fsp3) is 1.00. The maximum Gasteiger partial charge on any atom is 0.111 e. The Morgan fingerprint density at radius 1 is 0.900 bits per heavy atom. The normalized spacial score (nSPS) is 19.4. The number of nitrogens with one attached hydrogen (secondary N) is 1. The lowest BCUT2D eigenvalue weighted by molar-refractivity contribution is -0.114. The third kappa shape index (κ3) is 8.14. The first-order chi connectivity index (χ1) is 9.43. The molecule has 0 radical (unpaired) electrons. The zero-order valence-electron chi connectivity index (χ0n) is 12.6. The monoisotopic (exact) mass is 293 g/mol. The van der Waals surface area contributed by atoms with Crippen LogP contribution in [0.3, 0.4) is 0 Å². The van der Waals surface area contributed by atoms with Gasteiger partial charge in [-0.2, -0.15) is 0 Å². The molecule has 6 heteroatoms. The Balaban J connectivity index is 3.87. The van der Waals surface area contributed by atoms with E-state index in [0.29, 0.717) is 0 Å². The van der Waals surface area contributed by atoms with E-state index in [1.54, 1.807) is 0 Å². The SMILES string of the molecule is CCCCCCC(C)NCC(O)C(O)C(O)C(O)CO. The van der Waals surface area contributed by atoms with Crippen LogP contribution in [0.1, 0.15) is 46.0 Å². The van der Waals surface area contributed by atoms with E-state index in [2.05, 4.69) is 12.2 Å². The van der Waals surface area contributed by atoms with Gasteiger partial charge in [0.15, 0.2) is 0 Å². The van der Waals surface area contributed by atoms with Gasteiger partial charge in [0.2, 0.25) is 0 Å². The third-order valence-electron chi connectivity index (χ3n) is 3.49. The Morgan fingerprint density at radius 3 is 2.05 bits per heavy atom. The Hall–Kier alpha value is -0.240. The van der Waals surface area contributed by atoms with Gasteiger partial charge in [-0.05, 0) is 13.3 Å². The lowest BCUT2D eigenvalue weighted by atomic mass is 10.0. The summed E-state index contributed by atoms with van der Waals surface area (Å²) < 4.78 is 0. The average Bonchev–Trinajstić information content (AvgIpc) is 2.46. The first kappa shape index (κ1) is 19.8. The molecule has 0 heterocycles. The maximum atomic E-state index is 9.73. The summed E-state index contributed by atoms with van der Waals surface area (Å²) in [4.78, 5) is 0. The van der Waals surface area contributed by atoms with Gasteiger partial charge in [0.25, 0.3) is 0 Å². The van der Waals surface area contributed by atoms with Crippen molar-refractivity contribution in [2.75, 3.05) is 13.2 Å². The predicted octanol–water partition coefficient (Wildman–Crippen LogP) is -0.629.